The zero-order valence-electron chi connectivity index (χ0n) is 21.0. The SMILES string of the molecule is CNC[C@H](OC)C(=O)N[C@H](C#N)Cc1ccc(-c2ccc3cnn(C4CCN(C)CC4)c3c2)cc1F. The van der Waals surface area contributed by atoms with E-state index in [1.54, 1.807) is 13.1 Å². The number of hydrogen-bond acceptors (Lipinski definition) is 6. The van der Waals surface area contributed by atoms with Crippen molar-refractivity contribution in [3.63, 3.8) is 0 Å². The Hall–Kier alpha value is -3.32. The van der Waals surface area contributed by atoms with E-state index in [2.05, 4.69) is 38.4 Å². The number of benzene rings is 2. The lowest BCUT2D eigenvalue weighted by molar-refractivity contribution is -0.131. The summed E-state index contributed by atoms with van der Waals surface area (Å²) in [5.41, 5.74) is 3.07. The van der Waals surface area contributed by atoms with Crippen LogP contribution in [0.25, 0.3) is 22.0 Å². The maximum atomic E-state index is 15.1. The highest BCUT2D eigenvalue weighted by Gasteiger charge is 2.22. The molecular weight excluding hydrogens is 459 g/mol. The molecule has 1 amide bonds. The van der Waals surface area contributed by atoms with Crippen molar-refractivity contribution < 1.29 is 13.9 Å². The van der Waals surface area contributed by atoms with Crippen molar-refractivity contribution in [3.8, 4) is 17.2 Å². The van der Waals surface area contributed by atoms with E-state index in [9.17, 15) is 10.1 Å². The number of fused-ring (bicyclic) bond motifs is 1. The molecule has 1 fully saturated rings. The van der Waals surface area contributed by atoms with Gasteiger partial charge in [0.25, 0.3) is 5.91 Å². The average molecular weight is 493 g/mol. The summed E-state index contributed by atoms with van der Waals surface area (Å²) < 4.78 is 22.4. The summed E-state index contributed by atoms with van der Waals surface area (Å²) in [5.74, 6) is -0.825. The third-order valence-electron chi connectivity index (χ3n) is 6.88. The molecule has 0 spiro atoms. The zero-order valence-corrected chi connectivity index (χ0v) is 21.0. The number of likely N-dealkylation sites (tertiary alicyclic amines) is 1. The molecule has 8 nitrogen and oxygen atoms in total. The molecule has 0 saturated carbocycles. The van der Waals surface area contributed by atoms with E-state index in [1.165, 1.54) is 13.2 Å². The van der Waals surface area contributed by atoms with Crippen molar-refractivity contribution in [2.75, 3.05) is 40.8 Å². The topological polar surface area (TPSA) is 95.2 Å². The van der Waals surface area contributed by atoms with E-state index in [0.717, 1.165) is 48.0 Å². The van der Waals surface area contributed by atoms with Gasteiger partial charge in [0.1, 0.15) is 18.0 Å². The number of hydrogen-bond donors (Lipinski definition) is 2. The number of likely N-dealkylation sites (N-methyl/N-ethyl adjacent to an activating group) is 1. The van der Waals surface area contributed by atoms with Crippen molar-refractivity contribution >= 4 is 16.8 Å². The number of carbonyl (C=O) groups is 1. The molecule has 0 aliphatic carbocycles. The first-order valence-corrected chi connectivity index (χ1v) is 12.3. The van der Waals surface area contributed by atoms with Crippen LogP contribution >= 0.6 is 0 Å². The van der Waals surface area contributed by atoms with Crippen molar-refractivity contribution in [3.05, 3.63) is 54.0 Å². The molecule has 3 aromatic rings. The van der Waals surface area contributed by atoms with Gasteiger partial charge in [-0.15, -0.1) is 0 Å². The highest BCUT2D eigenvalue weighted by Crippen LogP contribution is 2.30. The maximum Gasteiger partial charge on any atom is 0.251 e. The molecule has 0 radical (unpaired) electrons. The van der Waals surface area contributed by atoms with Gasteiger partial charge in [-0.1, -0.05) is 24.3 Å². The molecule has 2 N–H and O–H groups in total. The Bertz CT molecular complexity index is 1240. The van der Waals surface area contributed by atoms with Crippen LogP contribution in [0.5, 0.6) is 0 Å². The molecule has 2 aromatic carbocycles. The van der Waals surface area contributed by atoms with Crippen molar-refractivity contribution in [1.82, 2.24) is 25.3 Å². The van der Waals surface area contributed by atoms with Crippen LogP contribution < -0.4 is 10.6 Å². The number of ether oxygens (including phenoxy) is 1. The van der Waals surface area contributed by atoms with Gasteiger partial charge >= 0.3 is 0 Å². The summed E-state index contributed by atoms with van der Waals surface area (Å²) in [6.07, 6.45) is 3.33. The largest absolute Gasteiger partial charge is 0.370 e. The first-order chi connectivity index (χ1) is 17.4. The fourth-order valence-corrected chi connectivity index (χ4v) is 4.72. The van der Waals surface area contributed by atoms with Crippen LogP contribution in [0.2, 0.25) is 0 Å². The van der Waals surface area contributed by atoms with Crippen LogP contribution in [0.1, 0.15) is 24.4 Å². The molecule has 36 heavy (non-hydrogen) atoms. The van der Waals surface area contributed by atoms with Gasteiger partial charge in [0, 0.05) is 25.5 Å². The van der Waals surface area contributed by atoms with Crippen LogP contribution in [0, 0.1) is 17.1 Å². The predicted molar refractivity (Wildman–Crippen MR) is 137 cm³/mol. The number of carbonyl (C=O) groups excluding carboxylic acids is 1. The third kappa shape index (κ3) is 5.73. The molecule has 1 aromatic heterocycles. The smallest absolute Gasteiger partial charge is 0.251 e. The van der Waals surface area contributed by atoms with Gasteiger partial charge in [-0.05, 0) is 68.8 Å². The molecule has 190 valence electrons. The summed E-state index contributed by atoms with van der Waals surface area (Å²) in [4.78, 5) is 14.7. The van der Waals surface area contributed by atoms with E-state index >= 15 is 4.39 Å². The van der Waals surface area contributed by atoms with Gasteiger partial charge < -0.3 is 20.3 Å². The lowest BCUT2D eigenvalue weighted by Gasteiger charge is -2.29. The minimum Gasteiger partial charge on any atom is -0.370 e. The van der Waals surface area contributed by atoms with Crippen molar-refractivity contribution in [2.45, 2.75) is 37.5 Å². The van der Waals surface area contributed by atoms with E-state index in [-0.39, 0.29) is 6.42 Å². The summed E-state index contributed by atoms with van der Waals surface area (Å²) in [5, 5.41) is 20.7. The Kier molecular flexibility index (Phi) is 8.31. The number of aromatic nitrogens is 2. The Morgan fingerprint density at radius 1 is 1.25 bits per heavy atom. The van der Waals surface area contributed by atoms with E-state index in [4.69, 9.17) is 4.74 Å². The number of piperidine rings is 1. The first kappa shape index (κ1) is 25.8. The Morgan fingerprint density at radius 2 is 1.97 bits per heavy atom. The van der Waals surface area contributed by atoms with Gasteiger partial charge in [-0.25, -0.2) is 4.39 Å². The molecule has 4 rings (SSSR count). The number of methoxy groups -OCH3 is 1. The first-order valence-electron chi connectivity index (χ1n) is 12.3. The number of halogens is 1. The summed E-state index contributed by atoms with van der Waals surface area (Å²) in [6.45, 7) is 2.40. The zero-order chi connectivity index (χ0) is 25.7. The predicted octanol–water partition coefficient (Wildman–Crippen LogP) is 2.89. The third-order valence-corrected chi connectivity index (χ3v) is 6.88. The van der Waals surface area contributed by atoms with Crippen LogP contribution in [0.15, 0.2) is 42.6 Å². The van der Waals surface area contributed by atoms with Gasteiger partial charge in [0.15, 0.2) is 0 Å². The lowest BCUT2D eigenvalue weighted by atomic mass is 9.99. The minimum absolute atomic E-state index is 0.0618. The van der Waals surface area contributed by atoms with Gasteiger partial charge in [0.05, 0.1) is 23.8 Å². The van der Waals surface area contributed by atoms with Gasteiger partial charge in [0.2, 0.25) is 0 Å². The Labute approximate surface area is 211 Å². The molecule has 2 atom stereocenters. The van der Waals surface area contributed by atoms with Crippen LogP contribution in [0.3, 0.4) is 0 Å². The van der Waals surface area contributed by atoms with Crippen molar-refractivity contribution in [2.24, 2.45) is 0 Å². The molecule has 2 heterocycles. The maximum absolute atomic E-state index is 15.1. The summed E-state index contributed by atoms with van der Waals surface area (Å²) in [7, 11) is 5.28. The fraction of sp³-hybridized carbons (Fsp3) is 0.444. The van der Waals surface area contributed by atoms with Gasteiger partial charge in [-0.2, -0.15) is 10.4 Å². The summed E-state index contributed by atoms with van der Waals surface area (Å²) in [6, 6.07) is 12.6. The monoisotopic (exact) mass is 492 g/mol. The molecule has 1 saturated heterocycles. The number of nitrogens with zero attached hydrogens (tertiary/aromatic N) is 4. The number of nitriles is 1. The number of nitrogens with one attached hydrogen (secondary N) is 2. The van der Waals surface area contributed by atoms with Crippen molar-refractivity contribution in [1.29, 1.82) is 5.26 Å². The van der Waals surface area contributed by atoms with E-state index < -0.39 is 23.9 Å². The molecule has 9 heteroatoms. The normalized spacial score (nSPS) is 16.5. The second-order valence-corrected chi connectivity index (χ2v) is 9.38. The molecule has 0 unspecified atom stereocenters. The second kappa shape index (κ2) is 11.6. The van der Waals surface area contributed by atoms with Crippen LogP contribution in [0.4, 0.5) is 4.39 Å². The number of rotatable bonds is 9. The molecular formula is C27H33FN6O2. The molecule has 0 bridgehead atoms. The van der Waals surface area contributed by atoms with Crippen LogP contribution in [-0.4, -0.2) is 73.6 Å². The standard InChI is InChI=1S/C27H33FN6O2/c1-30-17-26(36-3)27(35)32-22(15-29)12-20-6-4-18(13-24(20)28)19-5-7-21-16-31-34(25(21)14-19)23-8-10-33(2)11-9-23/h4-7,13-14,16,22-23,26,30H,8-12,17H2,1-3H3,(H,32,35)/t22-,26-/m0/s1. The Balaban J connectivity index is 1.51. The minimum atomic E-state index is -0.868. The molecule has 1 aliphatic rings. The highest BCUT2D eigenvalue weighted by atomic mass is 19.1. The fourth-order valence-electron chi connectivity index (χ4n) is 4.72. The van der Waals surface area contributed by atoms with E-state index in [1.807, 2.05) is 30.5 Å². The highest BCUT2D eigenvalue weighted by molar-refractivity contribution is 5.84. The van der Waals surface area contributed by atoms with E-state index in [0.29, 0.717) is 18.2 Å². The lowest BCUT2D eigenvalue weighted by Crippen LogP contribution is -2.46. The average Bonchev–Trinajstić information content (AvgIpc) is 3.31. The summed E-state index contributed by atoms with van der Waals surface area (Å²) >= 11 is 0. The second-order valence-electron chi connectivity index (χ2n) is 9.38. The molecule has 1 aliphatic heterocycles. The van der Waals surface area contributed by atoms with Crippen LogP contribution in [-0.2, 0) is 16.0 Å². The Morgan fingerprint density at radius 3 is 2.64 bits per heavy atom. The quantitative estimate of drug-likeness (QED) is 0.477. The van der Waals surface area contributed by atoms with Gasteiger partial charge in [-0.3, -0.25) is 9.48 Å². The number of amides is 1.